The lowest BCUT2D eigenvalue weighted by Gasteiger charge is -2.26. The molecule has 0 radical (unpaired) electrons. The van der Waals surface area contributed by atoms with Gasteiger partial charge in [-0.2, -0.15) is 0 Å². The highest BCUT2D eigenvalue weighted by Gasteiger charge is 2.17. The molecule has 1 N–H and O–H groups in total. The highest BCUT2D eigenvalue weighted by molar-refractivity contribution is 5.01. The highest BCUT2D eigenvalue weighted by Crippen LogP contribution is 2.17. The summed E-state index contributed by atoms with van der Waals surface area (Å²) in [6.45, 7) is 6.64. The van der Waals surface area contributed by atoms with E-state index in [0.29, 0.717) is 6.04 Å². The fourth-order valence-corrected chi connectivity index (χ4v) is 1.97. The maximum atomic E-state index is 4.36. The van der Waals surface area contributed by atoms with Gasteiger partial charge in [0.25, 0.3) is 0 Å². The summed E-state index contributed by atoms with van der Waals surface area (Å²) in [4.78, 5) is 10.9. The number of nitrogens with zero attached hydrogens (tertiary/aromatic N) is 3. The molecule has 0 bridgehead atoms. The smallest absolute Gasteiger partial charge is 0.0755 e. The van der Waals surface area contributed by atoms with Gasteiger partial charge in [0.15, 0.2) is 0 Å². The van der Waals surface area contributed by atoms with E-state index in [0.717, 1.165) is 31.9 Å². The van der Waals surface area contributed by atoms with E-state index in [1.54, 1.807) is 12.4 Å². The highest BCUT2D eigenvalue weighted by atomic mass is 15.2. The summed E-state index contributed by atoms with van der Waals surface area (Å²) in [5, 5.41) is 3.41. The summed E-state index contributed by atoms with van der Waals surface area (Å²) < 4.78 is 0. The Labute approximate surface area is 90.7 Å². The quantitative estimate of drug-likeness (QED) is 0.778. The van der Waals surface area contributed by atoms with Crippen LogP contribution in [-0.4, -0.2) is 41.0 Å². The molecule has 82 valence electrons. The van der Waals surface area contributed by atoms with Crippen molar-refractivity contribution in [3.05, 3.63) is 24.3 Å². The van der Waals surface area contributed by atoms with Crippen LogP contribution in [0.4, 0.5) is 0 Å². The third kappa shape index (κ3) is 2.73. The molecule has 0 amide bonds. The zero-order chi connectivity index (χ0) is 10.5. The summed E-state index contributed by atoms with van der Waals surface area (Å²) in [6, 6.07) is 0.374. The van der Waals surface area contributed by atoms with E-state index in [1.165, 1.54) is 6.42 Å². The predicted octanol–water partition coefficient (Wildman–Crippen LogP) is 0.833. The van der Waals surface area contributed by atoms with Gasteiger partial charge in [-0.15, -0.1) is 0 Å². The van der Waals surface area contributed by atoms with Crippen LogP contribution in [0.2, 0.25) is 0 Å². The van der Waals surface area contributed by atoms with Crippen molar-refractivity contribution in [2.24, 2.45) is 0 Å². The number of hydrogen-bond acceptors (Lipinski definition) is 4. The summed E-state index contributed by atoms with van der Waals surface area (Å²) in [5.74, 6) is 0. The van der Waals surface area contributed by atoms with Gasteiger partial charge in [0.2, 0.25) is 0 Å². The largest absolute Gasteiger partial charge is 0.315 e. The standard InChI is InChI=1S/C11H18N4/c1-10(11-9-13-4-5-14-11)15-7-2-3-12-6-8-15/h4-5,9-10,12H,2-3,6-8H2,1H3/t10-/m1/s1. The molecule has 1 fully saturated rings. The fourth-order valence-electron chi connectivity index (χ4n) is 1.97. The van der Waals surface area contributed by atoms with Gasteiger partial charge < -0.3 is 5.32 Å². The molecular formula is C11H18N4. The Hall–Kier alpha value is -1.00. The van der Waals surface area contributed by atoms with E-state index in [2.05, 4.69) is 27.1 Å². The van der Waals surface area contributed by atoms with Crippen LogP contribution in [0.15, 0.2) is 18.6 Å². The first kappa shape index (κ1) is 10.5. The van der Waals surface area contributed by atoms with Gasteiger partial charge in [-0.3, -0.25) is 14.9 Å². The molecule has 15 heavy (non-hydrogen) atoms. The van der Waals surface area contributed by atoms with Gasteiger partial charge in [0, 0.05) is 38.2 Å². The van der Waals surface area contributed by atoms with Gasteiger partial charge in [-0.05, 0) is 19.9 Å². The Morgan fingerprint density at radius 3 is 3.07 bits per heavy atom. The van der Waals surface area contributed by atoms with Crippen LogP contribution < -0.4 is 5.32 Å². The maximum Gasteiger partial charge on any atom is 0.0755 e. The normalized spacial score (nSPS) is 20.9. The minimum Gasteiger partial charge on any atom is -0.315 e. The number of aromatic nitrogens is 2. The average Bonchev–Trinajstić information content (AvgIpc) is 2.58. The van der Waals surface area contributed by atoms with Gasteiger partial charge in [0.05, 0.1) is 11.7 Å². The molecule has 4 heteroatoms. The second-order valence-electron chi connectivity index (χ2n) is 3.95. The van der Waals surface area contributed by atoms with Crippen molar-refractivity contribution >= 4 is 0 Å². The minimum absolute atomic E-state index is 0.374. The van der Waals surface area contributed by atoms with E-state index in [4.69, 9.17) is 0 Å². The number of nitrogens with one attached hydrogen (secondary N) is 1. The summed E-state index contributed by atoms with van der Waals surface area (Å²) in [6.07, 6.45) is 6.57. The molecule has 1 aromatic heterocycles. The van der Waals surface area contributed by atoms with Crippen LogP contribution in [0.3, 0.4) is 0 Å². The fraction of sp³-hybridized carbons (Fsp3) is 0.636. The molecule has 1 saturated heterocycles. The molecule has 0 spiro atoms. The first-order valence-electron chi connectivity index (χ1n) is 5.58. The molecule has 0 saturated carbocycles. The Bertz CT molecular complexity index is 280. The lowest BCUT2D eigenvalue weighted by molar-refractivity contribution is 0.221. The zero-order valence-corrected chi connectivity index (χ0v) is 9.19. The predicted molar refractivity (Wildman–Crippen MR) is 59.5 cm³/mol. The summed E-state index contributed by atoms with van der Waals surface area (Å²) in [5.41, 5.74) is 1.07. The molecule has 0 unspecified atom stereocenters. The topological polar surface area (TPSA) is 41.1 Å². The molecule has 1 aromatic rings. The lowest BCUT2D eigenvalue weighted by atomic mass is 10.2. The Kier molecular flexibility index (Phi) is 3.64. The minimum atomic E-state index is 0.374. The summed E-state index contributed by atoms with van der Waals surface area (Å²) >= 11 is 0. The van der Waals surface area contributed by atoms with Crippen LogP contribution >= 0.6 is 0 Å². The van der Waals surface area contributed by atoms with Crippen molar-refractivity contribution in [1.29, 1.82) is 0 Å². The molecule has 2 heterocycles. The van der Waals surface area contributed by atoms with E-state index < -0.39 is 0 Å². The van der Waals surface area contributed by atoms with Crippen LogP contribution in [0.25, 0.3) is 0 Å². The maximum absolute atomic E-state index is 4.36. The Morgan fingerprint density at radius 1 is 1.33 bits per heavy atom. The number of rotatable bonds is 2. The third-order valence-corrected chi connectivity index (χ3v) is 2.93. The lowest BCUT2D eigenvalue weighted by Crippen LogP contribution is -2.31. The van der Waals surface area contributed by atoms with E-state index in [1.807, 2.05) is 6.20 Å². The van der Waals surface area contributed by atoms with Gasteiger partial charge in [0.1, 0.15) is 0 Å². The van der Waals surface area contributed by atoms with Gasteiger partial charge >= 0.3 is 0 Å². The van der Waals surface area contributed by atoms with E-state index in [9.17, 15) is 0 Å². The van der Waals surface area contributed by atoms with E-state index in [-0.39, 0.29) is 0 Å². The molecule has 0 aliphatic carbocycles. The first-order chi connectivity index (χ1) is 7.38. The molecule has 1 aliphatic heterocycles. The van der Waals surface area contributed by atoms with Crippen molar-refractivity contribution in [1.82, 2.24) is 20.2 Å². The van der Waals surface area contributed by atoms with Crippen LogP contribution in [0, 0.1) is 0 Å². The third-order valence-electron chi connectivity index (χ3n) is 2.93. The van der Waals surface area contributed by atoms with Gasteiger partial charge in [-0.25, -0.2) is 0 Å². The Balaban J connectivity index is 2.03. The van der Waals surface area contributed by atoms with Crippen LogP contribution in [0.1, 0.15) is 25.1 Å². The van der Waals surface area contributed by atoms with Crippen molar-refractivity contribution in [3.63, 3.8) is 0 Å². The number of hydrogen-bond donors (Lipinski definition) is 1. The van der Waals surface area contributed by atoms with Crippen LogP contribution in [0.5, 0.6) is 0 Å². The van der Waals surface area contributed by atoms with Crippen molar-refractivity contribution in [2.45, 2.75) is 19.4 Å². The van der Waals surface area contributed by atoms with Gasteiger partial charge in [-0.1, -0.05) is 0 Å². The van der Waals surface area contributed by atoms with Crippen molar-refractivity contribution in [2.75, 3.05) is 26.2 Å². The monoisotopic (exact) mass is 206 g/mol. The van der Waals surface area contributed by atoms with E-state index >= 15 is 0 Å². The summed E-state index contributed by atoms with van der Waals surface area (Å²) in [7, 11) is 0. The average molecular weight is 206 g/mol. The first-order valence-corrected chi connectivity index (χ1v) is 5.58. The van der Waals surface area contributed by atoms with Crippen molar-refractivity contribution in [3.8, 4) is 0 Å². The zero-order valence-electron chi connectivity index (χ0n) is 9.19. The van der Waals surface area contributed by atoms with Crippen molar-refractivity contribution < 1.29 is 0 Å². The molecule has 0 aromatic carbocycles. The van der Waals surface area contributed by atoms with Crippen LogP contribution in [-0.2, 0) is 0 Å². The molecule has 4 nitrogen and oxygen atoms in total. The molecular weight excluding hydrogens is 188 g/mol. The molecule has 1 atom stereocenters. The SMILES string of the molecule is C[C@H](c1cnccn1)N1CCCNCC1. The second kappa shape index (κ2) is 5.19. The molecule has 2 rings (SSSR count). The Morgan fingerprint density at radius 2 is 2.27 bits per heavy atom. The molecule has 1 aliphatic rings. The second-order valence-corrected chi connectivity index (χ2v) is 3.95.